The Kier molecular flexibility index (Phi) is 5.94. The largest absolute Gasteiger partial charge is 0.496 e. The van der Waals surface area contributed by atoms with Crippen molar-refractivity contribution in [2.24, 2.45) is 11.8 Å². The van der Waals surface area contributed by atoms with Crippen LogP contribution in [0.3, 0.4) is 0 Å². The Morgan fingerprint density at radius 2 is 1.91 bits per heavy atom. The molecule has 0 N–H and O–H groups in total. The van der Waals surface area contributed by atoms with Crippen molar-refractivity contribution in [1.29, 1.82) is 0 Å². The van der Waals surface area contributed by atoms with Crippen LogP contribution in [0.25, 0.3) is 0 Å². The summed E-state index contributed by atoms with van der Waals surface area (Å²) in [6, 6.07) is 5.23. The van der Waals surface area contributed by atoms with Gasteiger partial charge in [-0.1, -0.05) is 25.4 Å². The lowest BCUT2D eigenvalue weighted by Crippen LogP contribution is -2.48. The van der Waals surface area contributed by atoms with Gasteiger partial charge in [0, 0.05) is 37.3 Å². The van der Waals surface area contributed by atoms with E-state index in [1.165, 1.54) is 4.31 Å². The van der Waals surface area contributed by atoms with E-state index in [0.29, 0.717) is 35.7 Å². The van der Waals surface area contributed by atoms with Gasteiger partial charge in [-0.2, -0.15) is 17.0 Å². The molecule has 1 fully saturated rings. The molecule has 1 aliphatic rings. The van der Waals surface area contributed by atoms with Gasteiger partial charge < -0.3 is 4.74 Å². The normalized spacial score (nSPS) is 23.2. The quantitative estimate of drug-likeness (QED) is 0.811. The Morgan fingerprint density at radius 1 is 1.30 bits per heavy atom. The Labute approximate surface area is 144 Å². The predicted molar refractivity (Wildman–Crippen MR) is 92.9 cm³/mol. The summed E-state index contributed by atoms with van der Waals surface area (Å²) in [5.41, 5.74) is 0.754. The van der Waals surface area contributed by atoms with Crippen molar-refractivity contribution in [2.75, 3.05) is 27.2 Å². The van der Waals surface area contributed by atoms with E-state index in [9.17, 15) is 8.42 Å². The van der Waals surface area contributed by atoms with E-state index < -0.39 is 10.2 Å². The molecule has 5 nitrogen and oxygen atoms in total. The van der Waals surface area contributed by atoms with Gasteiger partial charge in [0.25, 0.3) is 10.2 Å². The Bertz CT molecular complexity index is 641. The fraction of sp³-hybridized carbons (Fsp3) is 0.625. The summed E-state index contributed by atoms with van der Waals surface area (Å²) in [7, 11) is -0.334. The molecular formula is C16H25ClN2O3S. The number of methoxy groups -OCH3 is 1. The molecule has 2 atom stereocenters. The average Bonchev–Trinajstić information content (AvgIpc) is 2.46. The topological polar surface area (TPSA) is 49.9 Å². The van der Waals surface area contributed by atoms with Gasteiger partial charge in [0.05, 0.1) is 7.11 Å². The standard InChI is InChI=1S/C16H25ClN2O3S/c1-12-7-13(2)10-19(9-12)23(20,21)18(3)11-14-8-15(17)5-6-16(14)22-4/h5-6,8,12-13H,7,9-11H2,1-4H3. The number of benzene rings is 1. The van der Waals surface area contributed by atoms with Crippen molar-refractivity contribution in [2.45, 2.75) is 26.8 Å². The van der Waals surface area contributed by atoms with Crippen LogP contribution in [0.4, 0.5) is 0 Å². The molecule has 7 heteroatoms. The summed E-state index contributed by atoms with van der Waals surface area (Å²) in [5.74, 6) is 1.39. The molecule has 1 saturated heterocycles. The van der Waals surface area contributed by atoms with Gasteiger partial charge >= 0.3 is 0 Å². The molecule has 1 aliphatic heterocycles. The van der Waals surface area contributed by atoms with Gasteiger partial charge in [-0.15, -0.1) is 0 Å². The number of halogens is 1. The van der Waals surface area contributed by atoms with Crippen molar-refractivity contribution >= 4 is 21.8 Å². The molecule has 2 unspecified atom stereocenters. The van der Waals surface area contributed by atoms with Crippen LogP contribution < -0.4 is 4.74 Å². The summed E-state index contributed by atoms with van der Waals surface area (Å²) in [6.45, 7) is 5.56. The Morgan fingerprint density at radius 3 is 2.48 bits per heavy atom. The molecule has 1 aromatic rings. The van der Waals surface area contributed by atoms with Crippen molar-refractivity contribution in [3.63, 3.8) is 0 Å². The molecule has 0 aliphatic carbocycles. The highest BCUT2D eigenvalue weighted by atomic mass is 35.5. The molecule has 0 aromatic heterocycles. The Balaban J connectivity index is 2.19. The highest BCUT2D eigenvalue weighted by molar-refractivity contribution is 7.86. The van der Waals surface area contributed by atoms with Gasteiger partial charge in [0.1, 0.15) is 5.75 Å². The fourth-order valence-corrected chi connectivity index (χ4v) is 4.96. The van der Waals surface area contributed by atoms with E-state index in [1.54, 1.807) is 36.7 Å². The van der Waals surface area contributed by atoms with Crippen LogP contribution in [-0.2, 0) is 16.8 Å². The second-order valence-corrected chi connectivity index (χ2v) is 8.95. The lowest BCUT2D eigenvalue weighted by atomic mass is 9.94. The summed E-state index contributed by atoms with van der Waals surface area (Å²) >= 11 is 6.02. The number of hydrogen-bond acceptors (Lipinski definition) is 3. The first kappa shape index (κ1) is 18.5. The third kappa shape index (κ3) is 4.38. The summed E-state index contributed by atoms with van der Waals surface area (Å²) in [5, 5.41) is 0.562. The minimum absolute atomic E-state index is 0.228. The average molecular weight is 361 g/mol. The zero-order valence-electron chi connectivity index (χ0n) is 14.1. The maximum Gasteiger partial charge on any atom is 0.282 e. The molecule has 0 saturated carbocycles. The predicted octanol–water partition coefficient (Wildman–Crippen LogP) is 3.00. The van der Waals surface area contributed by atoms with E-state index in [4.69, 9.17) is 16.3 Å². The molecule has 0 spiro atoms. The van der Waals surface area contributed by atoms with Crippen LogP contribution in [0.2, 0.25) is 5.02 Å². The van der Waals surface area contributed by atoms with E-state index in [2.05, 4.69) is 13.8 Å². The Hall–Kier alpha value is -0.820. The van der Waals surface area contributed by atoms with Crippen LogP contribution in [0.1, 0.15) is 25.8 Å². The molecule has 0 amide bonds. The van der Waals surface area contributed by atoms with Crippen LogP contribution in [0.15, 0.2) is 18.2 Å². The second kappa shape index (κ2) is 7.38. The first-order chi connectivity index (χ1) is 10.7. The minimum Gasteiger partial charge on any atom is -0.496 e. The number of hydrogen-bond donors (Lipinski definition) is 0. The lowest BCUT2D eigenvalue weighted by Gasteiger charge is -2.36. The lowest BCUT2D eigenvalue weighted by molar-refractivity contribution is 0.211. The second-order valence-electron chi connectivity index (χ2n) is 6.48. The maximum atomic E-state index is 12.8. The zero-order valence-corrected chi connectivity index (χ0v) is 15.7. The highest BCUT2D eigenvalue weighted by Crippen LogP contribution is 2.27. The highest BCUT2D eigenvalue weighted by Gasteiger charge is 2.33. The molecule has 1 aromatic carbocycles. The molecule has 2 rings (SSSR count). The fourth-order valence-electron chi connectivity index (χ4n) is 3.18. The third-order valence-corrected chi connectivity index (χ3v) is 6.29. The molecule has 1 heterocycles. The first-order valence-electron chi connectivity index (χ1n) is 7.78. The SMILES string of the molecule is COc1ccc(Cl)cc1CN(C)S(=O)(=O)N1CC(C)CC(C)C1. The number of nitrogens with zero attached hydrogens (tertiary/aromatic N) is 2. The molecule has 130 valence electrons. The minimum atomic E-state index is -3.50. The zero-order chi connectivity index (χ0) is 17.2. The number of piperidine rings is 1. The summed E-state index contributed by atoms with van der Waals surface area (Å²) in [4.78, 5) is 0. The molecule has 23 heavy (non-hydrogen) atoms. The number of ether oxygens (including phenoxy) is 1. The van der Waals surface area contributed by atoms with Gasteiger partial charge in [0.15, 0.2) is 0 Å². The van der Waals surface area contributed by atoms with E-state index in [1.807, 2.05) is 0 Å². The van der Waals surface area contributed by atoms with Crippen LogP contribution >= 0.6 is 11.6 Å². The van der Waals surface area contributed by atoms with Crippen LogP contribution in [-0.4, -0.2) is 44.3 Å². The molecular weight excluding hydrogens is 336 g/mol. The molecule has 0 bridgehead atoms. The molecule has 0 radical (unpaired) electrons. The van der Waals surface area contributed by atoms with Gasteiger partial charge in [-0.25, -0.2) is 0 Å². The summed E-state index contributed by atoms with van der Waals surface area (Å²) < 4.78 is 33.9. The maximum absolute atomic E-state index is 12.8. The van der Waals surface area contributed by atoms with Gasteiger partial charge in [0.2, 0.25) is 0 Å². The van der Waals surface area contributed by atoms with Crippen molar-refractivity contribution in [3.8, 4) is 5.75 Å². The van der Waals surface area contributed by atoms with Crippen molar-refractivity contribution in [1.82, 2.24) is 8.61 Å². The van der Waals surface area contributed by atoms with Crippen LogP contribution in [0, 0.1) is 11.8 Å². The van der Waals surface area contributed by atoms with Crippen molar-refractivity contribution in [3.05, 3.63) is 28.8 Å². The van der Waals surface area contributed by atoms with Gasteiger partial charge in [-0.3, -0.25) is 0 Å². The monoisotopic (exact) mass is 360 g/mol. The van der Waals surface area contributed by atoms with E-state index in [-0.39, 0.29) is 6.54 Å². The smallest absolute Gasteiger partial charge is 0.282 e. The first-order valence-corrected chi connectivity index (χ1v) is 9.55. The van der Waals surface area contributed by atoms with E-state index in [0.717, 1.165) is 12.0 Å². The van der Waals surface area contributed by atoms with Crippen molar-refractivity contribution < 1.29 is 13.2 Å². The van der Waals surface area contributed by atoms with Crippen LogP contribution in [0.5, 0.6) is 5.75 Å². The number of rotatable bonds is 5. The van der Waals surface area contributed by atoms with Gasteiger partial charge in [-0.05, 0) is 36.5 Å². The van der Waals surface area contributed by atoms with E-state index >= 15 is 0 Å². The summed E-state index contributed by atoms with van der Waals surface area (Å²) in [6.07, 6.45) is 1.07. The third-order valence-electron chi connectivity index (χ3n) is 4.19.